The third kappa shape index (κ3) is 5.95. The molecule has 0 spiro atoms. The predicted molar refractivity (Wildman–Crippen MR) is 146 cm³/mol. The van der Waals surface area contributed by atoms with Crippen LogP contribution in [0.4, 0.5) is 0 Å². The number of rotatable bonds is 8. The van der Waals surface area contributed by atoms with Gasteiger partial charge in [-0.3, -0.25) is 9.69 Å². The van der Waals surface area contributed by atoms with E-state index in [0.29, 0.717) is 45.0 Å². The number of benzene rings is 3. The van der Waals surface area contributed by atoms with E-state index in [-0.39, 0.29) is 5.91 Å². The minimum atomic E-state index is -0.418. The highest BCUT2D eigenvalue weighted by molar-refractivity contribution is 8.26. The van der Waals surface area contributed by atoms with Gasteiger partial charge in [0.1, 0.15) is 10.1 Å². The van der Waals surface area contributed by atoms with Crippen molar-refractivity contribution in [3.8, 4) is 17.2 Å². The van der Waals surface area contributed by atoms with Gasteiger partial charge in [0, 0.05) is 6.54 Å². The first kappa shape index (κ1) is 25.5. The zero-order valence-electron chi connectivity index (χ0n) is 20.1. The van der Waals surface area contributed by atoms with Gasteiger partial charge in [0.15, 0.2) is 11.5 Å². The number of ether oxygens (including phenoxy) is 3. The fraction of sp³-hybridized carbons (Fsp3) is 0.179. The summed E-state index contributed by atoms with van der Waals surface area (Å²) in [6.45, 7) is 2.42. The van der Waals surface area contributed by atoms with E-state index in [9.17, 15) is 9.59 Å². The third-order valence-corrected chi connectivity index (χ3v) is 7.00. The molecule has 8 heteroatoms. The van der Waals surface area contributed by atoms with Crippen LogP contribution in [0.1, 0.15) is 27.0 Å². The zero-order chi connectivity index (χ0) is 25.7. The molecule has 1 saturated heterocycles. The minimum absolute atomic E-state index is 0.125. The monoisotopic (exact) mass is 519 g/mol. The van der Waals surface area contributed by atoms with Crippen LogP contribution in [-0.2, 0) is 11.2 Å². The highest BCUT2D eigenvalue weighted by atomic mass is 32.2. The average molecular weight is 520 g/mol. The van der Waals surface area contributed by atoms with Gasteiger partial charge in [-0.2, -0.15) is 0 Å². The van der Waals surface area contributed by atoms with Gasteiger partial charge < -0.3 is 14.2 Å². The number of nitrogens with zero attached hydrogens (tertiary/aromatic N) is 1. The summed E-state index contributed by atoms with van der Waals surface area (Å²) in [7, 11) is 3.19. The van der Waals surface area contributed by atoms with E-state index in [1.165, 1.54) is 11.8 Å². The van der Waals surface area contributed by atoms with Gasteiger partial charge in [-0.15, -0.1) is 0 Å². The summed E-state index contributed by atoms with van der Waals surface area (Å²) in [6.07, 6.45) is 2.42. The number of esters is 1. The number of thiocarbonyl (C=S) groups is 1. The molecule has 1 aliphatic heterocycles. The van der Waals surface area contributed by atoms with Crippen LogP contribution in [-0.4, -0.2) is 41.9 Å². The Morgan fingerprint density at radius 3 is 2.33 bits per heavy atom. The topological polar surface area (TPSA) is 65.1 Å². The summed E-state index contributed by atoms with van der Waals surface area (Å²) < 4.78 is 16.6. The normalized spacial score (nSPS) is 14.3. The first-order chi connectivity index (χ1) is 17.4. The van der Waals surface area contributed by atoms with Gasteiger partial charge in [0.05, 0.1) is 24.7 Å². The summed E-state index contributed by atoms with van der Waals surface area (Å²) in [6, 6.07) is 19.9. The Balaban J connectivity index is 1.38. The van der Waals surface area contributed by atoms with Crippen molar-refractivity contribution in [3.63, 3.8) is 0 Å². The van der Waals surface area contributed by atoms with Gasteiger partial charge >= 0.3 is 5.97 Å². The number of carbonyl (C=O) groups excluding carboxylic acids is 2. The Morgan fingerprint density at radius 2 is 1.67 bits per heavy atom. The molecule has 0 aromatic heterocycles. The molecule has 3 aromatic carbocycles. The number of hydrogen-bond donors (Lipinski definition) is 0. The fourth-order valence-electron chi connectivity index (χ4n) is 3.61. The molecular formula is C28H25NO5S2. The summed E-state index contributed by atoms with van der Waals surface area (Å²) in [5.74, 6) is 1.19. The lowest BCUT2D eigenvalue weighted by Gasteiger charge is -2.15. The molecule has 0 bridgehead atoms. The fourth-order valence-corrected chi connectivity index (χ4v) is 4.92. The first-order valence-electron chi connectivity index (χ1n) is 11.2. The van der Waals surface area contributed by atoms with Crippen molar-refractivity contribution in [3.05, 3.63) is 93.9 Å². The van der Waals surface area contributed by atoms with Gasteiger partial charge in [-0.1, -0.05) is 59.9 Å². The Morgan fingerprint density at radius 1 is 0.972 bits per heavy atom. The smallest absolute Gasteiger partial charge is 0.343 e. The number of hydrogen-bond acceptors (Lipinski definition) is 7. The average Bonchev–Trinajstić information content (AvgIpc) is 3.15. The Hall–Kier alpha value is -3.62. The van der Waals surface area contributed by atoms with E-state index in [4.69, 9.17) is 26.4 Å². The third-order valence-electron chi connectivity index (χ3n) is 5.62. The molecule has 6 nitrogen and oxygen atoms in total. The van der Waals surface area contributed by atoms with Gasteiger partial charge in [-0.25, -0.2) is 4.79 Å². The van der Waals surface area contributed by atoms with E-state index in [2.05, 4.69) is 0 Å². The molecule has 1 aliphatic rings. The maximum Gasteiger partial charge on any atom is 0.343 e. The highest BCUT2D eigenvalue weighted by Crippen LogP contribution is 2.33. The van der Waals surface area contributed by atoms with Gasteiger partial charge in [0.25, 0.3) is 5.91 Å². The Kier molecular flexibility index (Phi) is 8.07. The van der Waals surface area contributed by atoms with Crippen LogP contribution in [0.2, 0.25) is 0 Å². The van der Waals surface area contributed by atoms with Crippen molar-refractivity contribution in [2.75, 3.05) is 20.8 Å². The molecule has 0 aliphatic carbocycles. The van der Waals surface area contributed by atoms with Crippen molar-refractivity contribution in [2.24, 2.45) is 0 Å². The van der Waals surface area contributed by atoms with Crippen LogP contribution < -0.4 is 14.2 Å². The molecule has 0 unspecified atom stereocenters. The number of methoxy groups -OCH3 is 2. The van der Waals surface area contributed by atoms with Crippen LogP contribution in [0.25, 0.3) is 6.08 Å². The van der Waals surface area contributed by atoms with Crippen LogP contribution in [0.3, 0.4) is 0 Å². The lowest BCUT2D eigenvalue weighted by molar-refractivity contribution is -0.122. The summed E-state index contributed by atoms with van der Waals surface area (Å²) >= 11 is 6.74. The van der Waals surface area contributed by atoms with Gasteiger partial charge in [-0.05, 0) is 66.9 Å². The molecule has 1 amide bonds. The second-order valence-corrected chi connectivity index (χ2v) is 9.77. The molecular weight excluding hydrogens is 494 g/mol. The largest absolute Gasteiger partial charge is 0.493 e. The Labute approximate surface area is 219 Å². The quantitative estimate of drug-likeness (QED) is 0.164. The number of amides is 1. The second-order valence-electron chi connectivity index (χ2n) is 8.10. The summed E-state index contributed by atoms with van der Waals surface area (Å²) in [5, 5.41) is 0. The highest BCUT2D eigenvalue weighted by Gasteiger charge is 2.31. The van der Waals surface area contributed by atoms with Crippen molar-refractivity contribution >= 4 is 46.3 Å². The molecule has 0 atom stereocenters. The molecule has 0 N–H and O–H groups in total. The van der Waals surface area contributed by atoms with Crippen molar-refractivity contribution in [2.45, 2.75) is 13.3 Å². The van der Waals surface area contributed by atoms with Crippen molar-refractivity contribution in [1.82, 2.24) is 4.90 Å². The number of aryl methyl sites for hydroxylation is 1. The van der Waals surface area contributed by atoms with E-state index in [1.54, 1.807) is 61.6 Å². The molecule has 3 aromatic rings. The van der Waals surface area contributed by atoms with Crippen LogP contribution in [0, 0.1) is 6.92 Å². The lowest BCUT2D eigenvalue weighted by atomic mass is 10.1. The Bertz CT molecular complexity index is 1320. The molecule has 0 saturated carbocycles. The second kappa shape index (κ2) is 11.4. The first-order valence-corrected chi connectivity index (χ1v) is 12.5. The summed E-state index contributed by atoms with van der Waals surface area (Å²) in [4.78, 5) is 27.5. The molecule has 36 heavy (non-hydrogen) atoms. The van der Waals surface area contributed by atoms with Gasteiger partial charge in [0.2, 0.25) is 0 Å². The minimum Gasteiger partial charge on any atom is -0.493 e. The zero-order valence-corrected chi connectivity index (χ0v) is 21.8. The SMILES string of the molecule is COc1ccc(CCN2C(=O)/C(=C/c3ccc(OC(=O)c4ccc(C)cc4)cc3)SC2=S)cc1OC. The summed E-state index contributed by atoms with van der Waals surface area (Å²) in [5.41, 5.74) is 3.38. The number of thioether (sulfide) groups is 1. The lowest BCUT2D eigenvalue weighted by Crippen LogP contribution is -2.30. The van der Waals surface area contributed by atoms with E-state index in [1.807, 2.05) is 37.3 Å². The molecule has 0 radical (unpaired) electrons. The molecule has 1 fully saturated rings. The van der Waals surface area contributed by atoms with Crippen LogP contribution >= 0.6 is 24.0 Å². The molecule has 1 heterocycles. The maximum atomic E-state index is 13.0. The van der Waals surface area contributed by atoms with E-state index >= 15 is 0 Å². The van der Waals surface area contributed by atoms with Crippen molar-refractivity contribution < 1.29 is 23.8 Å². The maximum absolute atomic E-state index is 13.0. The number of carbonyl (C=O) groups is 2. The van der Waals surface area contributed by atoms with Crippen LogP contribution in [0.15, 0.2) is 71.6 Å². The van der Waals surface area contributed by atoms with E-state index in [0.717, 1.165) is 16.7 Å². The predicted octanol–water partition coefficient (Wildman–Crippen LogP) is 5.68. The van der Waals surface area contributed by atoms with Crippen LogP contribution in [0.5, 0.6) is 17.2 Å². The van der Waals surface area contributed by atoms with Crippen molar-refractivity contribution in [1.29, 1.82) is 0 Å². The molecule has 4 rings (SSSR count). The molecule has 184 valence electrons. The standard InChI is InChI=1S/C28H25NO5S2/c1-18-4-9-21(10-5-18)27(31)34-22-11-6-19(7-12-22)17-25-26(30)29(28(35)36-25)15-14-20-8-13-23(32-2)24(16-20)33-3/h4-13,16-17H,14-15H2,1-3H3/b25-17-. The van der Waals surface area contributed by atoms with E-state index < -0.39 is 5.97 Å².